The SMILES string of the molecule is C=C(F)CNc1cnc(NC)c(C(=N)C#Cc2ccc(Cl)cc2)c1. The molecular weight excluding hydrogens is 327 g/mol. The van der Waals surface area contributed by atoms with Crippen LogP contribution in [0.4, 0.5) is 15.9 Å². The normalized spacial score (nSPS) is 9.62. The lowest BCUT2D eigenvalue weighted by atomic mass is 10.1. The average molecular weight is 343 g/mol. The van der Waals surface area contributed by atoms with E-state index in [4.69, 9.17) is 17.0 Å². The fraction of sp³-hybridized carbons (Fsp3) is 0.111. The maximum atomic E-state index is 12.8. The number of anilines is 2. The average Bonchev–Trinajstić information content (AvgIpc) is 2.59. The third-order valence-electron chi connectivity index (χ3n) is 3.05. The summed E-state index contributed by atoms with van der Waals surface area (Å²) in [4.78, 5) is 4.21. The number of aromatic nitrogens is 1. The zero-order chi connectivity index (χ0) is 17.5. The fourth-order valence-electron chi connectivity index (χ4n) is 1.88. The Morgan fingerprint density at radius 3 is 2.71 bits per heavy atom. The number of benzene rings is 1. The first-order valence-corrected chi connectivity index (χ1v) is 7.49. The van der Waals surface area contributed by atoms with Crippen molar-refractivity contribution in [3.05, 3.63) is 65.1 Å². The van der Waals surface area contributed by atoms with Crippen molar-refractivity contribution in [1.82, 2.24) is 4.98 Å². The van der Waals surface area contributed by atoms with Gasteiger partial charge in [0.15, 0.2) is 0 Å². The summed E-state index contributed by atoms with van der Waals surface area (Å²) in [5, 5.41) is 14.6. The molecule has 0 bridgehead atoms. The molecule has 0 atom stereocenters. The molecule has 0 aliphatic carbocycles. The van der Waals surface area contributed by atoms with Crippen LogP contribution in [0, 0.1) is 17.3 Å². The molecule has 0 fully saturated rings. The van der Waals surface area contributed by atoms with E-state index in [0.717, 1.165) is 5.56 Å². The lowest BCUT2D eigenvalue weighted by Crippen LogP contribution is -2.08. The Labute approximate surface area is 145 Å². The first-order valence-electron chi connectivity index (χ1n) is 7.11. The van der Waals surface area contributed by atoms with Crippen molar-refractivity contribution in [2.24, 2.45) is 0 Å². The number of pyridine rings is 1. The summed E-state index contributed by atoms with van der Waals surface area (Å²) in [6, 6.07) is 8.74. The quantitative estimate of drug-likeness (QED) is 0.566. The number of halogens is 2. The maximum absolute atomic E-state index is 12.8. The fourth-order valence-corrected chi connectivity index (χ4v) is 2.01. The van der Waals surface area contributed by atoms with E-state index in [0.29, 0.717) is 22.1 Å². The van der Waals surface area contributed by atoms with E-state index < -0.39 is 5.83 Å². The minimum absolute atomic E-state index is 0.0101. The Hall–Kier alpha value is -2.84. The van der Waals surface area contributed by atoms with Gasteiger partial charge in [-0.15, -0.1) is 0 Å². The van der Waals surface area contributed by atoms with Gasteiger partial charge < -0.3 is 10.6 Å². The van der Waals surface area contributed by atoms with Gasteiger partial charge in [-0.05, 0) is 36.3 Å². The van der Waals surface area contributed by atoms with Gasteiger partial charge in [0.05, 0.1) is 24.0 Å². The molecule has 0 unspecified atom stereocenters. The zero-order valence-electron chi connectivity index (χ0n) is 13.1. The summed E-state index contributed by atoms with van der Waals surface area (Å²) in [6.45, 7) is 3.18. The van der Waals surface area contributed by atoms with Crippen LogP contribution in [-0.2, 0) is 0 Å². The molecule has 2 aromatic rings. The Bertz CT molecular complexity index is 819. The molecule has 3 N–H and O–H groups in total. The molecule has 0 saturated carbocycles. The van der Waals surface area contributed by atoms with Gasteiger partial charge in [0.1, 0.15) is 17.4 Å². The van der Waals surface area contributed by atoms with Crippen molar-refractivity contribution < 1.29 is 4.39 Å². The minimum Gasteiger partial charge on any atom is -0.377 e. The second-order valence-electron chi connectivity index (χ2n) is 4.87. The van der Waals surface area contributed by atoms with Crippen molar-refractivity contribution in [2.75, 3.05) is 24.2 Å². The molecule has 0 amide bonds. The van der Waals surface area contributed by atoms with Gasteiger partial charge in [0.25, 0.3) is 0 Å². The molecule has 1 aromatic carbocycles. The van der Waals surface area contributed by atoms with Gasteiger partial charge in [0.2, 0.25) is 0 Å². The molecule has 0 saturated heterocycles. The number of rotatable bonds is 5. The van der Waals surface area contributed by atoms with Crippen LogP contribution in [0.5, 0.6) is 0 Å². The lowest BCUT2D eigenvalue weighted by molar-refractivity contribution is 0.631. The van der Waals surface area contributed by atoms with Crippen LogP contribution in [0.15, 0.2) is 48.9 Å². The third kappa shape index (κ3) is 4.83. The maximum Gasteiger partial charge on any atom is 0.135 e. The topological polar surface area (TPSA) is 60.8 Å². The third-order valence-corrected chi connectivity index (χ3v) is 3.31. The molecular formula is C18H16ClFN4. The summed E-state index contributed by atoms with van der Waals surface area (Å²) >= 11 is 5.83. The molecule has 6 heteroatoms. The highest BCUT2D eigenvalue weighted by Crippen LogP contribution is 2.18. The van der Waals surface area contributed by atoms with E-state index in [2.05, 4.69) is 34.0 Å². The standard InChI is InChI=1S/C18H16ClFN4/c1-12(20)10-23-15-9-16(18(22-2)24-11-15)17(21)8-5-13-3-6-14(19)7-4-13/h3-4,6-7,9,11,21,23H,1,10H2,2H3,(H,22,24). The first kappa shape index (κ1) is 17.5. The van der Waals surface area contributed by atoms with Crippen LogP contribution in [0.25, 0.3) is 0 Å². The highest BCUT2D eigenvalue weighted by Gasteiger charge is 2.08. The molecule has 1 heterocycles. The van der Waals surface area contributed by atoms with Gasteiger partial charge in [-0.1, -0.05) is 24.1 Å². The molecule has 122 valence electrons. The van der Waals surface area contributed by atoms with Crippen LogP contribution < -0.4 is 10.6 Å². The van der Waals surface area contributed by atoms with Crippen molar-refractivity contribution in [2.45, 2.75) is 0 Å². The van der Waals surface area contributed by atoms with E-state index in [1.165, 1.54) is 0 Å². The monoisotopic (exact) mass is 342 g/mol. The predicted octanol–water partition coefficient (Wildman–Crippen LogP) is 4.09. The van der Waals surface area contributed by atoms with Gasteiger partial charge in [0, 0.05) is 17.6 Å². The lowest BCUT2D eigenvalue weighted by Gasteiger charge is -2.10. The van der Waals surface area contributed by atoms with Crippen molar-refractivity contribution in [3.8, 4) is 11.8 Å². The molecule has 24 heavy (non-hydrogen) atoms. The molecule has 0 aliphatic rings. The van der Waals surface area contributed by atoms with E-state index in [1.54, 1.807) is 43.6 Å². The molecule has 0 radical (unpaired) electrons. The summed E-state index contributed by atoms with van der Waals surface area (Å²) in [7, 11) is 1.71. The first-order chi connectivity index (χ1) is 11.5. The van der Waals surface area contributed by atoms with Gasteiger partial charge >= 0.3 is 0 Å². The van der Waals surface area contributed by atoms with Gasteiger partial charge in [-0.25, -0.2) is 9.37 Å². The summed E-state index contributed by atoms with van der Waals surface area (Å²) in [5.41, 5.74) is 1.96. The van der Waals surface area contributed by atoms with Crippen molar-refractivity contribution in [1.29, 1.82) is 5.41 Å². The number of nitrogens with one attached hydrogen (secondary N) is 3. The van der Waals surface area contributed by atoms with E-state index >= 15 is 0 Å². The smallest absolute Gasteiger partial charge is 0.135 e. The Morgan fingerprint density at radius 1 is 1.38 bits per heavy atom. The Balaban J connectivity index is 2.25. The molecule has 1 aromatic heterocycles. The van der Waals surface area contributed by atoms with E-state index in [9.17, 15) is 4.39 Å². The van der Waals surface area contributed by atoms with E-state index in [-0.39, 0.29) is 12.3 Å². The highest BCUT2D eigenvalue weighted by molar-refractivity contribution is 6.30. The highest BCUT2D eigenvalue weighted by atomic mass is 35.5. The Morgan fingerprint density at radius 2 is 2.08 bits per heavy atom. The van der Waals surface area contributed by atoms with E-state index in [1.807, 2.05) is 0 Å². The van der Waals surface area contributed by atoms with Crippen molar-refractivity contribution in [3.63, 3.8) is 0 Å². The van der Waals surface area contributed by atoms with Crippen LogP contribution in [0.2, 0.25) is 5.02 Å². The van der Waals surface area contributed by atoms with Crippen LogP contribution >= 0.6 is 11.6 Å². The minimum atomic E-state index is -0.480. The predicted molar refractivity (Wildman–Crippen MR) is 97.7 cm³/mol. The van der Waals surface area contributed by atoms with Gasteiger partial charge in [-0.3, -0.25) is 5.41 Å². The second-order valence-corrected chi connectivity index (χ2v) is 5.31. The largest absolute Gasteiger partial charge is 0.377 e. The second kappa shape index (κ2) is 8.14. The summed E-state index contributed by atoms with van der Waals surface area (Å²) < 4.78 is 12.8. The number of nitrogens with zero attached hydrogens (tertiary/aromatic N) is 1. The molecule has 2 rings (SSSR count). The summed E-state index contributed by atoms with van der Waals surface area (Å²) in [5.74, 6) is 5.74. The molecule has 0 aliphatic heterocycles. The number of hydrogen-bond donors (Lipinski definition) is 3. The number of hydrogen-bond acceptors (Lipinski definition) is 4. The zero-order valence-corrected chi connectivity index (χ0v) is 13.8. The molecule has 4 nitrogen and oxygen atoms in total. The van der Waals surface area contributed by atoms with Crippen LogP contribution in [0.3, 0.4) is 0 Å². The van der Waals surface area contributed by atoms with Crippen molar-refractivity contribution >= 4 is 28.8 Å². The van der Waals surface area contributed by atoms with Crippen LogP contribution in [-0.4, -0.2) is 24.3 Å². The summed E-state index contributed by atoms with van der Waals surface area (Å²) in [6.07, 6.45) is 1.55. The van der Waals surface area contributed by atoms with Crippen LogP contribution in [0.1, 0.15) is 11.1 Å². The van der Waals surface area contributed by atoms with Gasteiger partial charge in [-0.2, -0.15) is 0 Å². The molecule has 0 spiro atoms. The Kier molecular flexibility index (Phi) is 5.94.